The zero-order valence-electron chi connectivity index (χ0n) is 31.6. The fraction of sp³-hybridized carbons (Fsp3) is 0.244. The van der Waals surface area contributed by atoms with Crippen molar-refractivity contribution in [3.8, 4) is 28.7 Å². The lowest BCUT2D eigenvalue weighted by Crippen LogP contribution is -2.45. The van der Waals surface area contributed by atoms with Crippen molar-refractivity contribution in [3.63, 3.8) is 0 Å². The summed E-state index contributed by atoms with van der Waals surface area (Å²) in [7, 11) is 2.07. The lowest BCUT2D eigenvalue weighted by Gasteiger charge is -2.38. The molecule has 280 valence electrons. The average molecular weight is 734 g/mol. The Labute approximate surface area is 323 Å². The van der Waals surface area contributed by atoms with E-state index in [1.807, 2.05) is 36.4 Å². The van der Waals surface area contributed by atoms with E-state index < -0.39 is 5.82 Å². The molecule has 1 fully saturated rings. The van der Waals surface area contributed by atoms with Gasteiger partial charge in [0.2, 0.25) is 0 Å². The third-order valence-corrected chi connectivity index (χ3v) is 10.3. The van der Waals surface area contributed by atoms with Gasteiger partial charge in [-0.25, -0.2) is 14.4 Å². The smallest absolute Gasteiger partial charge is 0.164 e. The Balaban J connectivity index is 1.02. The maximum absolute atomic E-state index is 14.7. The minimum Gasteiger partial charge on any atom is -0.384 e. The highest BCUT2D eigenvalue weighted by molar-refractivity contribution is 5.90. The number of hydrogen-bond acceptors (Lipinski definition) is 8. The normalized spacial score (nSPS) is 13.2. The van der Waals surface area contributed by atoms with Crippen molar-refractivity contribution in [2.45, 2.75) is 31.7 Å². The quantitative estimate of drug-likeness (QED) is 0.0721. The fourth-order valence-corrected chi connectivity index (χ4v) is 7.11. The van der Waals surface area contributed by atoms with Crippen molar-refractivity contribution in [1.29, 1.82) is 5.26 Å². The highest BCUT2D eigenvalue weighted by atomic mass is 19.1. The van der Waals surface area contributed by atoms with Crippen molar-refractivity contribution in [2.75, 3.05) is 50.0 Å². The zero-order chi connectivity index (χ0) is 38.9. The summed E-state index contributed by atoms with van der Waals surface area (Å²) in [5.74, 6) is -0.399. The van der Waals surface area contributed by atoms with E-state index in [4.69, 9.17) is 0 Å². The predicted octanol–water partition coefficient (Wildman–Crippen LogP) is 9.29. The SMILES string of the molecule is C=CCCC(C=C)N(C)C(=C)c1c(C=C)cccc1NCCCC(=C)N1CCN(c2ccc(-c3n[nH]c4cnc(-c5c(F)cccc5C#N)nc34)cc2)CC1. The van der Waals surface area contributed by atoms with Crippen LogP contribution in [0.5, 0.6) is 0 Å². The fourth-order valence-electron chi connectivity index (χ4n) is 7.11. The molecule has 1 aliphatic heterocycles. The van der Waals surface area contributed by atoms with Crippen molar-refractivity contribution in [3.05, 3.63) is 140 Å². The number of nitrogens with one attached hydrogen (secondary N) is 2. The maximum Gasteiger partial charge on any atom is 0.164 e. The Morgan fingerprint density at radius 3 is 2.53 bits per heavy atom. The Bertz CT molecular complexity index is 2240. The molecule has 1 aliphatic rings. The number of nitriles is 1. The van der Waals surface area contributed by atoms with Crippen LogP contribution in [0.25, 0.3) is 45.5 Å². The van der Waals surface area contributed by atoms with Gasteiger partial charge in [-0.05, 0) is 61.6 Å². The second-order valence-electron chi connectivity index (χ2n) is 13.6. The van der Waals surface area contributed by atoms with Crippen molar-refractivity contribution in [2.24, 2.45) is 0 Å². The number of allylic oxidation sites excluding steroid dienone is 2. The minimum atomic E-state index is -0.544. The van der Waals surface area contributed by atoms with Crippen LogP contribution in [0.2, 0.25) is 0 Å². The molecule has 3 heterocycles. The molecule has 2 N–H and O–H groups in total. The first kappa shape index (κ1) is 38.3. The van der Waals surface area contributed by atoms with Crippen LogP contribution in [-0.2, 0) is 0 Å². The lowest BCUT2D eigenvalue weighted by atomic mass is 10.00. The summed E-state index contributed by atoms with van der Waals surface area (Å²) in [5.41, 5.74) is 9.32. The highest BCUT2D eigenvalue weighted by Gasteiger charge is 2.21. The van der Waals surface area contributed by atoms with Crippen molar-refractivity contribution >= 4 is 34.2 Å². The molecule has 0 radical (unpaired) electrons. The average Bonchev–Trinajstić information content (AvgIpc) is 3.65. The van der Waals surface area contributed by atoms with Gasteiger partial charge in [0.15, 0.2) is 5.82 Å². The monoisotopic (exact) mass is 733 g/mol. The number of H-pyrrole nitrogens is 1. The lowest BCUT2D eigenvalue weighted by molar-refractivity contribution is 0.311. The first-order valence-corrected chi connectivity index (χ1v) is 18.6. The largest absolute Gasteiger partial charge is 0.384 e. The first-order chi connectivity index (χ1) is 26.8. The molecular formula is C45H48FN9. The molecule has 1 atom stereocenters. The number of anilines is 2. The molecule has 6 rings (SSSR count). The van der Waals surface area contributed by atoms with Gasteiger partial charge in [0, 0.05) is 79.7 Å². The molecule has 55 heavy (non-hydrogen) atoms. The zero-order valence-corrected chi connectivity index (χ0v) is 31.6. The van der Waals surface area contributed by atoms with Crippen molar-refractivity contribution < 1.29 is 4.39 Å². The maximum atomic E-state index is 14.7. The van der Waals surface area contributed by atoms with E-state index in [1.54, 1.807) is 12.3 Å². The molecule has 5 aromatic rings. The van der Waals surface area contributed by atoms with E-state index in [1.165, 1.54) is 12.1 Å². The summed E-state index contributed by atoms with van der Waals surface area (Å²) in [6.45, 7) is 25.3. The molecule has 0 spiro atoms. The van der Waals surface area contributed by atoms with Gasteiger partial charge in [0.25, 0.3) is 0 Å². The highest BCUT2D eigenvalue weighted by Crippen LogP contribution is 2.33. The Morgan fingerprint density at radius 1 is 1.05 bits per heavy atom. The molecule has 10 heteroatoms. The van der Waals surface area contributed by atoms with E-state index in [0.29, 0.717) is 16.7 Å². The van der Waals surface area contributed by atoms with E-state index in [0.717, 1.165) is 97.9 Å². The third kappa shape index (κ3) is 8.36. The Morgan fingerprint density at radius 2 is 1.82 bits per heavy atom. The third-order valence-electron chi connectivity index (χ3n) is 10.3. The molecule has 9 nitrogen and oxygen atoms in total. The van der Waals surface area contributed by atoms with E-state index in [-0.39, 0.29) is 23.0 Å². The number of fused-ring (bicyclic) bond motifs is 1. The van der Waals surface area contributed by atoms with Crippen LogP contribution < -0.4 is 10.2 Å². The molecular weight excluding hydrogens is 686 g/mol. The number of halogens is 1. The van der Waals surface area contributed by atoms with Gasteiger partial charge in [-0.1, -0.05) is 68.3 Å². The Hall–Kier alpha value is -6.47. The molecule has 0 amide bonds. The topological polar surface area (TPSA) is 100 Å². The van der Waals surface area contributed by atoms with Gasteiger partial charge < -0.3 is 20.0 Å². The van der Waals surface area contributed by atoms with Crippen LogP contribution in [0.1, 0.15) is 42.4 Å². The van der Waals surface area contributed by atoms with Gasteiger partial charge in [0.05, 0.1) is 23.4 Å². The number of hydrogen-bond donors (Lipinski definition) is 2. The van der Waals surface area contributed by atoms with Gasteiger partial charge in [-0.15, -0.1) is 13.2 Å². The number of piperazine rings is 1. The number of benzene rings is 3. The summed E-state index contributed by atoms with van der Waals surface area (Å²) in [6.07, 6.45) is 11.1. The number of aromatic nitrogens is 4. The summed E-state index contributed by atoms with van der Waals surface area (Å²) in [5, 5.41) is 20.7. The van der Waals surface area contributed by atoms with Gasteiger partial charge >= 0.3 is 0 Å². The molecule has 3 aromatic carbocycles. The van der Waals surface area contributed by atoms with Gasteiger partial charge in [0.1, 0.15) is 22.5 Å². The minimum absolute atomic E-state index is 0.0831. The van der Waals surface area contributed by atoms with Crippen LogP contribution in [0, 0.1) is 17.1 Å². The second kappa shape index (κ2) is 17.6. The molecule has 0 aliphatic carbocycles. The summed E-state index contributed by atoms with van der Waals surface area (Å²) in [6, 6.07) is 21.0. The number of likely N-dealkylation sites (N-methyl/N-ethyl adjacent to an activating group) is 1. The first-order valence-electron chi connectivity index (χ1n) is 18.6. The summed E-state index contributed by atoms with van der Waals surface area (Å²) < 4.78 is 14.7. The van der Waals surface area contributed by atoms with E-state index >= 15 is 0 Å². The standard InChI is InChI=1S/C45H48FN9/c1-7-10-17-36(9-3)53(6)32(5)41-33(8-2)15-12-19-39(41)48-24-13-14-31(4)54-25-27-55(28-26-54)37-22-20-34(21-23-37)43-44-40(51-52-43)30-49-45(50-44)42-35(29-47)16-11-18-38(42)46/h7-9,11-12,15-16,18-23,30,36,48H,1-5,10,13-14,17,24-28H2,6H3,(H,51,52). The van der Waals surface area contributed by atoms with Crippen LogP contribution in [-0.4, -0.2) is 75.8 Å². The van der Waals surface area contributed by atoms with Crippen LogP contribution in [0.4, 0.5) is 15.8 Å². The molecule has 2 aromatic heterocycles. The van der Waals surface area contributed by atoms with Gasteiger partial charge in [-0.2, -0.15) is 10.4 Å². The molecule has 1 unspecified atom stereocenters. The second-order valence-corrected chi connectivity index (χ2v) is 13.6. The number of rotatable bonds is 17. The number of nitrogens with zero attached hydrogens (tertiary/aromatic N) is 7. The van der Waals surface area contributed by atoms with Crippen LogP contribution in [0.15, 0.2) is 118 Å². The van der Waals surface area contributed by atoms with Crippen LogP contribution in [0.3, 0.4) is 0 Å². The van der Waals surface area contributed by atoms with Crippen molar-refractivity contribution in [1.82, 2.24) is 30.0 Å². The van der Waals surface area contributed by atoms with Gasteiger partial charge in [-0.3, -0.25) is 5.10 Å². The summed E-state index contributed by atoms with van der Waals surface area (Å²) >= 11 is 0. The summed E-state index contributed by atoms with van der Waals surface area (Å²) in [4.78, 5) is 15.9. The predicted molar refractivity (Wildman–Crippen MR) is 225 cm³/mol. The van der Waals surface area contributed by atoms with Crippen LogP contribution >= 0.6 is 0 Å². The van der Waals surface area contributed by atoms with E-state index in [2.05, 4.69) is 110 Å². The number of aromatic amines is 1. The molecule has 0 bridgehead atoms. The van der Waals surface area contributed by atoms with E-state index in [9.17, 15) is 9.65 Å². The molecule has 1 saturated heterocycles. The Kier molecular flexibility index (Phi) is 12.2. The molecule has 0 saturated carbocycles.